The highest BCUT2D eigenvalue weighted by Gasteiger charge is 2.34. The van der Waals surface area contributed by atoms with Crippen molar-refractivity contribution in [2.45, 2.75) is 12.7 Å². The number of benzene rings is 3. The fourth-order valence-corrected chi connectivity index (χ4v) is 4.80. The lowest BCUT2D eigenvalue weighted by Gasteiger charge is -2.12. The molecule has 165 valence electrons. The van der Waals surface area contributed by atoms with E-state index in [1.54, 1.807) is 34.1 Å². The van der Waals surface area contributed by atoms with Gasteiger partial charge in [0.05, 0.1) is 16.6 Å². The zero-order chi connectivity index (χ0) is 23.3. The zero-order valence-electron chi connectivity index (χ0n) is 16.9. The summed E-state index contributed by atoms with van der Waals surface area (Å²) in [6.45, 7) is 0.0350. The third kappa shape index (κ3) is 3.66. The van der Waals surface area contributed by atoms with Crippen LogP contribution in [0, 0.1) is 11.9 Å². The molecule has 1 amide bonds. The van der Waals surface area contributed by atoms with E-state index in [0.29, 0.717) is 27.4 Å². The highest BCUT2D eigenvalue weighted by molar-refractivity contribution is 7.13. The zero-order valence-corrected chi connectivity index (χ0v) is 17.7. The largest absolute Gasteiger partial charge is 0.419 e. The Morgan fingerprint density at radius 3 is 2.58 bits per heavy atom. The van der Waals surface area contributed by atoms with E-state index in [0.717, 1.165) is 22.6 Å². The van der Waals surface area contributed by atoms with Gasteiger partial charge in [-0.1, -0.05) is 18.2 Å². The Hall–Kier alpha value is -3.65. The van der Waals surface area contributed by atoms with Crippen molar-refractivity contribution in [3.05, 3.63) is 94.6 Å². The van der Waals surface area contributed by atoms with E-state index in [1.165, 1.54) is 6.07 Å². The number of fused-ring (bicyclic) bond motifs is 3. The molecule has 2 heterocycles. The molecule has 0 saturated carbocycles. The number of thiophene rings is 1. The summed E-state index contributed by atoms with van der Waals surface area (Å²) in [7, 11) is 0. The summed E-state index contributed by atoms with van der Waals surface area (Å²) >= 11 is 1.55. The smallest absolute Gasteiger partial charge is 0.366 e. The highest BCUT2D eigenvalue weighted by atomic mass is 32.1. The average Bonchev–Trinajstić information content (AvgIpc) is 3.41. The minimum Gasteiger partial charge on any atom is -0.366 e. The maximum absolute atomic E-state index is 13.8. The van der Waals surface area contributed by atoms with Crippen LogP contribution in [0.3, 0.4) is 0 Å². The molecule has 0 bridgehead atoms. The predicted octanol–water partition coefficient (Wildman–Crippen LogP) is 6.63. The van der Waals surface area contributed by atoms with Gasteiger partial charge in [0, 0.05) is 27.8 Å². The lowest BCUT2D eigenvalue weighted by Crippen LogP contribution is -2.11. The van der Waals surface area contributed by atoms with Crippen molar-refractivity contribution in [1.29, 1.82) is 0 Å². The van der Waals surface area contributed by atoms with Crippen molar-refractivity contribution in [2.24, 2.45) is 5.73 Å². The first-order valence-corrected chi connectivity index (χ1v) is 10.8. The monoisotopic (exact) mass is 467 g/mol. The van der Waals surface area contributed by atoms with Crippen LogP contribution >= 0.6 is 11.3 Å². The fraction of sp³-hybridized carbons (Fsp3) is 0.0800. The molecular formula is C25H15F4N2OS. The van der Waals surface area contributed by atoms with Crippen LogP contribution in [0.2, 0.25) is 0 Å². The maximum atomic E-state index is 13.8. The topological polar surface area (TPSA) is 48.0 Å². The molecule has 0 aliphatic carbocycles. The van der Waals surface area contributed by atoms with Gasteiger partial charge in [-0.3, -0.25) is 4.79 Å². The number of carbonyl (C=O) groups excluding carboxylic acids is 1. The summed E-state index contributed by atoms with van der Waals surface area (Å²) < 4.78 is 55.4. The Labute approximate surface area is 189 Å². The summed E-state index contributed by atoms with van der Waals surface area (Å²) in [6.07, 6.45) is -4.81. The molecule has 0 spiro atoms. The second kappa shape index (κ2) is 7.74. The number of carbonyl (C=O) groups is 1. The Bertz CT molecular complexity index is 1520. The Morgan fingerprint density at radius 2 is 1.88 bits per heavy atom. The van der Waals surface area contributed by atoms with Crippen LogP contribution in [-0.2, 0) is 12.7 Å². The van der Waals surface area contributed by atoms with Gasteiger partial charge in [0.2, 0.25) is 5.91 Å². The van der Waals surface area contributed by atoms with Crippen LogP contribution in [0.1, 0.15) is 21.5 Å². The van der Waals surface area contributed by atoms with Gasteiger partial charge in [-0.25, -0.2) is 4.39 Å². The quantitative estimate of drug-likeness (QED) is 0.297. The van der Waals surface area contributed by atoms with E-state index in [-0.39, 0.29) is 12.1 Å². The number of aromatic nitrogens is 1. The molecular weight excluding hydrogens is 452 g/mol. The number of hydrogen-bond acceptors (Lipinski definition) is 2. The lowest BCUT2D eigenvalue weighted by atomic mass is 10.0. The van der Waals surface area contributed by atoms with Gasteiger partial charge in [-0.2, -0.15) is 13.2 Å². The van der Waals surface area contributed by atoms with Crippen LogP contribution in [0.25, 0.3) is 32.2 Å². The van der Waals surface area contributed by atoms with E-state index in [1.807, 2.05) is 29.6 Å². The summed E-state index contributed by atoms with van der Waals surface area (Å²) in [5.74, 6) is -1.94. The molecule has 0 unspecified atom stereocenters. The molecule has 0 aliphatic heterocycles. The first-order chi connectivity index (χ1) is 15.7. The molecule has 5 aromatic rings. The minimum atomic E-state index is -4.81. The van der Waals surface area contributed by atoms with Crippen molar-refractivity contribution >= 4 is 39.0 Å². The molecule has 0 saturated heterocycles. The number of hydrogen-bond donors (Lipinski definition) is 1. The van der Waals surface area contributed by atoms with E-state index in [9.17, 15) is 22.4 Å². The average molecular weight is 467 g/mol. The number of halogens is 4. The van der Waals surface area contributed by atoms with Crippen LogP contribution in [0.4, 0.5) is 17.6 Å². The molecule has 0 atom stereocenters. The summed E-state index contributed by atoms with van der Waals surface area (Å²) in [5.41, 5.74) is 7.04. The Kier molecular flexibility index (Phi) is 4.97. The summed E-state index contributed by atoms with van der Waals surface area (Å²) in [5, 5.41) is 3.16. The van der Waals surface area contributed by atoms with Crippen molar-refractivity contribution in [3.63, 3.8) is 0 Å². The maximum Gasteiger partial charge on any atom is 0.419 e. The third-order valence-electron chi connectivity index (χ3n) is 5.54. The summed E-state index contributed by atoms with van der Waals surface area (Å²) in [4.78, 5) is 13.1. The van der Waals surface area contributed by atoms with E-state index in [4.69, 9.17) is 5.73 Å². The first kappa shape index (κ1) is 21.2. The number of alkyl halides is 3. The molecule has 8 heteroatoms. The molecule has 0 fully saturated rings. The van der Waals surface area contributed by atoms with Gasteiger partial charge in [0.1, 0.15) is 5.82 Å². The van der Waals surface area contributed by atoms with E-state index < -0.39 is 23.5 Å². The van der Waals surface area contributed by atoms with Gasteiger partial charge in [-0.15, -0.1) is 11.3 Å². The van der Waals surface area contributed by atoms with Crippen molar-refractivity contribution in [1.82, 2.24) is 4.57 Å². The SMILES string of the molecule is NC(=O)c1cccc2c1c1[c]cc(-c3cccs3)cc1n2Cc1ccc(F)c(C(F)(F)F)c1. The molecule has 3 nitrogen and oxygen atoms in total. The van der Waals surface area contributed by atoms with Crippen LogP contribution in [0.5, 0.6) is 0 Å². The van der Waals surface area contributed by atoms with Gasteiger partial charge in [0.25, 0.3) is 0 Å². The van der Waals surface area contributed by atoms with Crippen LogP contribution in [-0.4, -0.2) is 10.5 Å². The third-order valence-corrected chi connectivity index (χ3v) is 6.46. The molecule has 2 N–H and O–H groups in total. The number of primary amides is 1. The minimum absolute atomic E-state index is 0.0350. The van der Waals surface area contributed by atoms with E-state index >= 15 is 0 Å². The second-order valence-electron chi connectivity index (χ2n) is 7.59. The lowest BCUT2D eigenvalue weighted by molar-refractivity contribution is -0.140. The molecule has 3 aromatic carbocycles. The summed E-state index contributed by atoms with van der Waals surface area (Å²) in [6, 6.07) is 18.9. The van der Waals surface area contributed by atoms with Gasteiger partial charge >= 0.3 is 6.18 Å². The Morgan fingerprint density at radius 1 is 1.06 bits per heavy atom. The van der Waals surface area contributed by atoms with Gasteiger partial charge in [-0.05, 0) is 65.0 Å². The first-order valence-electron chi connectivity index (χ1n) is 9.90. The molecule has 2 aromatic heterocycles. The van der Waals surface area contributed by atoms with Crippen molar-refractivity contribution in [3.8, 4) is 10.4 Å². The number of nitrogens with zero attached hydrogens (tertiary/aromatic N) is 1. The second-order valence-corrected chi connectivity index (χ2v) is 8.54. The predicted molar refractivity (Wildman–Crippen MR) is 121 cm³/mol. The Balaban J connectivity index is 1.77. The van der Waals surface area contributed by atoms with E-state index in [2.05, 4.69) is 6.07 Å². The molecule has 0 aliphatic rings. The number of amides is 1. The fourth-order valence-electron chi connectivity index (χ4n) is 4.09. The van der Waals surface area contributed by atoms with Gasteiger partial charge in [0.15, 0.2) is 0 Å². The van der Waals surface area contributed by atoms with Crippen LogP contribution < -0.4 is 5.73 Å². The number of nitrogens with two attached hydrogens (primary N) is 1. The molecule has 33 heavy (non-hydrogen) atoms. The standard InChI is InChI=1S/C25H15F4N2OS/c26-19-9-6-14(11-18(19)25(27,28)29)13-31-20-4-1-3-17(24(30)32)23(20)16-8-7-15(12-21(16)31)22-5-2-10-33-22/h1-7,9-12H,13H2,(H2,30,32). The van der Waals surface area contributed by atoms with Crippen molar-refractivity contribution in [2.75, 3.05) is 0 Å². The van der Waals surface area contributed by atoms with Crippen molar-refractivity contribution < 1.29 is 22.4 Å². The highest BCUT2D eigenvalue weighted by Crippen LogP contribution is 2.37. The van der Waals surface area contributed by atoms with Crippen LogP contribution in [0.15, 0.2) is 66.0 Å². The number of rotatable bonds is 4. The normalized spacial score (nSPS) is 12.0. The molecule has 5 rings (SSSR count). The molecule has 1 radical (unpaired) electrons. The van der Waals surface area contributed by atoms with Gasteiger partial charge < -0.3 is 10.3 Å².